The zero-order valence-corrected chi connectivity index (χ0v) is 9.05. The second kappa shape index (κ2) is 7.35. The van der Waals surface area contributed by atoms with Crippen molar-refractivity contribution in [3.63, 3.8) is 0 Å². The summed E-state index contributed by atoms with van der Waals surface area (Å²) in [6, 6.07) is 0. The number of carbonyl (C=O) groups is 2. The monoisotopic (exact) mass is 219 g/mol. The predicted molar refractivity (Wildman–Crippen MR) is 31.9 cm³/mol. The number of esters is 1. The van der Waals surface area contributed by atoms with Gasteiger partial charge in [-0.1, -0.05) is 0 Å². The van der Waals surface area contributed by atoms with E-state index in [2.05, 4.69) is 4.74 Å². The van der Waals surface area contributed by atoms with Crippen molar-refractivity contribution >= 4 is 11.8 Å². The van der Waals surface area contributed by atoms with Gasteiger partial charge in [-0.3, -0.25) is 9.59 Å². The number of ether oxygens (including phenoxy) is 1. The molecule has 0 amide bonds. The van der Waals surface area contributed by atoms with Crippen LogP contribution in [0.15, 0.2) is 0 Å². The van der Waals surface area contributed by atoms with Gasteiger partial charge in [0, 0.05) is 32.7 Å². The zero-order valence-electron chi connectivity index (χ0n) is 6.22. The van der Waals surface area contributed by atoms with Crippen LogP contribution < -0.4 is 0 Å². The minimum absolute atomic E-state index is 0. The summed E-state index contributed by atoms with van der Waals surface area (Å²) in [7, 11) is 0. The minimum Gasteiger partial charge on any atom is -0.466 e. The van der Waals surface area contributed by atoms with Crippen LogP contribution in [0, 0.1) is 0 Å². The Morgan fingerprint density at radius 1 is 1.40 bits per heavy atom. The number of carbonyl (C=O) groups excluding carboxylic acids is 2. The predicted octanol–water partition coefficient (Wildman–Crippen LogP) is 0.526. The van der Waals surface area contributed by atoms with Gasteiger partial charge in [0.05, 0.1) is 6.61 Å². The van der Waals surface area contributed by atoms with Gasteiger partial charge in [0.2, 0.25) is 0 Å². The van der Waals surface area contributed by atoms with E-state index in [0.29, 0.717) is 6.61 Å². The molecule has 0 aliphatic rings. The molecular weight excluding hydrogens is 209 g/mol. The topological polar surface area (TPSA) is 43.4 Å². The summed E-state index contributed by atoms with van der Waals surface area (Å²) in [6.45, 7) is 3.40. The van der Waals surface area contributed by atoms with Crippen molar-refractivity contribution in [2.24, 2.45) is 0 Å². The molecule has 0 unspecified atom stereocenters. The molecule has 0 spiro atoms. The first kappa shape index (κ1) is 12.9. The molecule has 10 heavy (non-hydrogen) atoms. The quantitative estimate of drug-likeness (QED) is 0.513. The molecule has 0 atom stereocenters. The van der Waals surface area contributed by atoms with E-state index in [1.54, 1.807) is 6.92 Å². The minimum atomic E-state index is -0.440. The van der Waals surface area contributed by atoms with Gasteiger partial charge < -0.3 is 4.74 Å². The summed E-state index contributed by atoms with van der Waals surface area (Å²) in [5.41, 5.74) is 0. The standard InChI is InChI=1S/C6H10O3.Y/c1-3-9-6(8)4-5(2)7;/h3-4H2,1-2H3;. The van der Waals surface area contributed by atoms with E-state index in [1.807, 2.05) is 0 Å². The Balaban J connectivity index is 0. The maximum absolute atomic E-state index is 10.4. The molecule has 0 rings (SSSR count). The van der Waals surface area contributed by atoms with Crippen molar-refractivity contribution in [3.8, 4) is 0 Å². The number of hydrogen-bond acceptors (Lipinski definition) is 3. The Kier molecular flexibility index (Phi) is 9.47. The molecule has 0 bridgehead atoms. The number of rotatable bonds is 3. The molecule has 0 aliphatic heterocycles. The Bertz CT molecular complexity index is 122. The van der Waals surface area contributed by atoms with Gasteiger partial charge in [-0.25, -0.2) is 0 Å². The van der Waals surface area contributed by atoms with E-state index in [-0.39, 0.29) is 44.9 Å². The average Bonchev–Trinajstić information content (AvgIpc) is 1.63. The normalized spacial score (nSPS) is 7.80. The molecule has 55 valence electrons. The fourth-order valence-corrected chi connectivity index (χ4v) is 0.415. The third-order valence-electron chi connectivity index (χ3n) is 0.699. The molecular formula is C6H10O3Y. The van der Waals surface area contributed by atoms with Crippen LogP contribution in [-0.2, 0) is 47.0 Å². The van der Waals surface area contributed by atoms with Crippen molar-refractivity contribution in [1.29, 1.82) is 0 Å². The third kappa shape index (κ3) is 8.24. The summed E-state index contributed by atoms with van der Waals surface area (Å²) in [6.07, 6.45) is -0.103. The third-order valence-corrected chi connectivity index (χ3v) is 0.699. The van der Waals surface area contributed by atoms with Gasteiger partial charge in [-0.15, -0.1) is 0 Å². The first-order chi connectivity index (χ1) is 4.16. The van der Waals surface area contributed by atoms with Gasteiger partial charge >= 0.3 is 5.97 Å². The second-order valence-corrected chi connectivity index (χ2v) is 1.68. The molecule has 4 heteroatoms. The first-order valence-corrected chi connectivity index (χ1v) is 2.82. The van der Waals surface area contributed by atoms with Crippen LogP contribution in [0.1, 0.15) is 20.3 Å². The Morgan fingerprint density at radius 3 is 2.20 bits per heavy atom. The van der Waals surface area contributed by atoms with Gasteiger partial charge in [0.25, 0.3) is 0 Å². The Morgan fingerprint density at radius 2 is 1.90 bits per heavy atom. The molecule has 1 radical (unpaired) electrons. The number of ketones is 1. The molecule has 3 nitrogen and oxygen atoms in total. The van der Waals surface area contributed by atoms with Gasteiger partial charge in [-0.05, 0) is 13.8 Å². The fraction of sp³-hybridized carbons (Fsp3) is 0.667. The first-order valence-electron chi connectivity index (χ1n) is 2.82. The molecule has 0 N–H and O–H groups in total. The van der Waals surface area contributed by atoms with E-state index in [4.69, 9.17) is 0 Å². The van der Waals surface area contributed by atoms with Crippen molar-refractivity contribution in [2.75, 3.05) is 6.61 Å². The van der Waals surface area contributed by atoms with Crippen molar-refractivity contribution in [1.82, 2.24) is 0 Å². The van der Waals surface area contributed by atoms with Crippen molar-refractivity contribution in [2.45, 2.75) is 20.3 Å². The van der Waals surface area contributed by atoms with Crippen LogP contribution in [0.2, 0.25) is 0 Å². The second-order valence-electron chi connectivity index (χ2n) is 1.68. The van der Waals surface area contributed by atoms with Crippen molar-refractivity contribution < 1.29 is 47.0 Å². The molecule has 0 aromatic carbocycles. The SMILES string of the molecule is CCOC(=O)CC(C)=O.[Y]. The summed E-state index contributed by atoms with van der Waals surface area (Å²) in [4.78, 5) is 20.6. The molecule has 0 fully saturated rings. The largest absolute Gasteiger partial charge is 0.466 e. The number of hydrogen-bond donors (Lipinski definition) is 0. The van der Waals surface area contributed by atoms with Crippen LogP contribution >= 0.6 is 0 Å². The van der Waals surface area contributed by atoms with E-state index in [1.165, 1.54) is 6.92 Å². The maximum atomic E-state index is 10.4. The number of Topliss-reactive ketones (excluding diaryl/α,β-unsaturated/α-hetero) is 1. The van der Waals surface area contributed by atoms with E-state index >= 15 is 0 Å². The van der Waals surface area contributed by atoms with Gasteiger partial charge in [-0.2, -0.15) is 0 Å². The van der Waals surface area contributed by atoms with E-state index in [0.717, 1.165) is 0 Å². The van der Waals surface area contributed by atoms with Crippen molar-refractivity contribution in [3.05, 3.63) is 0 Å². The molecule has 0 saturated carbocycles. The van der Waals surface area contributed by atoms with Crippen LogP contribution in [0.3, 0.4) is 0 Å². The summed E-state index contributed by atoms with van der Waals surface area (Å²) in [5, 5.41) is 0. The van der Waals surface area contributed by atoms with Crippen LogP contribution in [-0.4, -0.2) is 18.4 Å². The van der Waals surface area contributed by atoms with E-state index in [9.17, 15) is 9.59 Å². The molecule has 0 heterocycles. The Labute approximate surface area is 85.4 Å². The van der Waals surface area contributed by atoms with Gasteiger partial charge in [0.1, 0.15) is 12.2 Å². The van der Waals surface area contributed by atoms with E-state index < -0.39 is 5.97 Å². The van der Waals surface area contributed by atoms with Gasteiger partial charge in [0.15, 0.2) is 0 Å². The van der Waals surface area contributed by atoms with Crippen LogP contribution in [0.4, 0.5) is 0 Å². The Hall–Kier alpha value is 0.244. The molecule has 0 saturated heterocycles. The summed E-state index contributed by atoms with van der Waals surface area (Å²) >= 11 is 0. The molecule has 0 aromatic heterocycles. The summed E-state index contributed by atoms with van der Waals surface area (Å²) in [5.74, 6) is -0.599. The van der Waals surface area contributed by atoms with Crippen LogP contribution in [0.25, 0.3) is 0 Å². The smallest absolute Gasteiger partial charge is 0.313 e. The molecule has 0 aliphatic carbocycles. The molecule has 0 aromatic rings. The fourth-order valence-electron chi connectivity index (χ4n) is 0.415. The average molecular weight is 219 g/mol. The maximum Gasteiger partial charge on any atom is 0.313 e. The van der Waals surface area contributed by atoms with Crippen LogP contribution in [0.5, 0.6) is 0 Å². The summed E-state index contributed by atoms with van der Waals surface area (Å²) < 4.78 is 4.49. The zero-order chi connectivity index (χ0) is 7.28.